The van der Waals surface area contributed by atoms with Crippen LogP contribution in [0.15, 0.2) is 34.5 Å². The van der Waals surface area contributed by atoms with Gasteiger partial charge in [0.05, 0.1) is 30.3 Å². The van der Waals surface area contributed by atoms with Crippen molar-refractivity contribution in [3.8, 4) is 0 Å². The van der Waals surface area contributed by atoms with Crippen LogP contribution < -0.4 is 27.6 Å². The molecule has 292 valence electrons. The van der Waals surface area contributed by atoms with E-state index in [2.05, 4.69) is 38.7 Å². The molecular formula is C25H37N10O15P3. The van der Waals surface area contributed by atoms with Crippen molar-refractivity contribution in [2.24, 2.45) is 5.73 Å². The fourth-order valence-electron chi connectivity index (χ4n) is 4.94. The fourth-order valence-corrected chi connectivity index (χ4v) is 7.97. The van der Waals surface area contributed by atoms with Crippen molar-refractivity contribution in [2.45, 2.75) is 57.1 Å². The Bertz CT molecular complexity index is 2080. The molecule has 3 aromatic heterocycles. The molecule has 1 aliphatic rings. The number of hydrogen-bond donors (Lipinski definition) is 10. The number of guanidine groups is 1. The summed E-state index contributed by atoms with van der Waals surface area (Å²) in [6.07, 6.45) is 4.48. The van der Waals surface area contributed by atoms with Gasteiger partial charge in [0, 0.05) is 38.3 Å². The van der Waals surface area contributed by atoms with E-state index in [1.54, 1.807) is 6.33 Å². The third kappa shape index (κ3) is 12.8. The lowest BCUT2D eigenvalue weighted by molar-refractivity contribution is -0.116. The van der Waals surface area contributed by atoms with Crippen LogP contribution in [0.1, 0.15) is 43.2 Å². The number of carbonyl (C=O) groups is 1. The summed E-state index contributed by atoms with van der Waals surface area (Å²) >= 11 is 0. The van der Waals surface area contributed by atoms with Crippen molar-refractivity contribution in [1.29, 1.82) is 5.41 Å². The Labute approximate surface area is 298 Å². The predicted octanol–water partition coefficient (Wildman–Crippen LogP) is -1.31. The number of imidazole rings is 1. The molecule has 0 aromatic carbocycles. The van der Waals surface area contributed by atoms with Gasteiger partial charge in [0.1, 0.15) is 24.2 Å². The highest BCUT2D eigenvalue weighted by molar-refractivity contribution is 7.66. The number of aromatic amines is 1. The maximum absolute atomic E-state index is 12.5. The quantitative estimate of drug-likeness (QED) is 0.0221. The highest BCUT2D eigenvalue weighted by Crippen LogP contribution is 2.66. The Balaban J connectivity index is 1.28. The molecule has 0 aliphatic carbocycles. The molecule has 11 N–H and O–H groups in total. The molecule has 1 saturated heterocycles. The number of amides is 1. The Morgan fingerprint density at radius 3 is 2.53 bits per heavy atom. The standard InChI is InChI=1S/C25H37N10O15P3/c26-24(27)29-7-1-2-9-34-14-32-21-16(30-13-31-22(21)34)4-3-8-28-19(37)6-5-15-11-35(25(39)33-23(15)38)20-10-17(36)18(48-20)12-47-52(43,44)50-53(45,46)49-51(40,41)42/h5-6,11,13-14,17-18,20,36H,1-4,7-10,12H2,(H,28,37)(H,43,44)(H,45,46)(H4,26,27,29)(H,33,38,39)(H2,40,41,42)/b6-5+. The summed E-state index contributed by atoms with van der Waals surface area (Å²) in [4.78, 5) is 88.7. The first kappa shape index (κ1) is 41.8. The molecule has 1 amide bonds. The van der Waals surface area contributed by atoms with Gasteiger partial charge in [-0.3, -0.25) is 29.1 Å². The van der Waals surface area contributed by atoms with Crippen molar-refractivity contribution < 1.29 is 61.1 Å². The number of aliphatic hydroxyl groups excluding tert-OH is 1. The number of aryl methyl sites for hydroxylation is 2. The third-order valence-corrected chi connectivity index (χ3v) is 11.1. The molecule has 0 saturated carbocycles. The lowest BCUT2D eigenvalue weighted by Gasteiger charge is -2.19. The highest BCUT2D eigenvalue weighted by atomic mass is 31.3. The second kappa shape index (κ2) is 17.9. The van der Waals surface area contributed by atoms with Gasteiger partial charge in [-0.05, 0) is 31.8 Å². The van der Waals surface area contributed by atoms with Crippen LogP contribution >= 0.6 is 23.5 Å². The minimum Gasteiger partial charge on any atom is -0.390 e. The molecule has 3 aromatic rings. The van der Waals surface area contributed by atoms with E-state index >= 15 is 0 Å². The van der Waals surface area contributed by atoms with E-state index in [9.17, 15) is 43.0 Å². The minimum atomic E-state index is -5.77. The number of phosphoric ester groups is 1. The predicted molar refractivity (Wildman–Crippen MR) is 181 cm³/mol. The molecule has 25 nitrogen and oxygen atoms in total. The van der Waals surface area contributed by atoms with Gasteiger partial charge >= 0.3 is 29.2 Å². The van der Waals surface area contributed by atoms with Gasteiger partial charge in [-0.15, -0.1) is 0 Å². The Kier molecular flexibility index (Phi) is 14.1. The Hall–Kier alpha value is -3.96. The van der Waals surface area contributed by atoms with Gasteiger partial charge in [0.2, 0.25) is 5.91 Å². The molecule has 53 heavy (non-hydrogen) atoms. The van der Waals surface area contributed by atoms with Crippen LogP contribution in [0.3, 0.4) is 0 Å². The van der Waals surface area contributed by atoms with Gasteiger partial charge < -0.3 is 50.4 Å². The number of H-pyrrole nitrogens is 1. The maximum atomic E-state index is 12.5. The zero-order valence-electron chi connectivity index (χ0n) is 27.5. The largest absolute Gasteiger partial charge is 0.490 e. The number of aromatic nitrogens is 6. The zero-order chi connectivity index (χ0) is 39.0. The van der Waals surface area contributed by atoms with Gasteiger partial charge in [-0.2, -0.15) is 8.62 Å². The molecule has 0 bridgehead atoms. The molecule has 1 aliphatic heterocycles. The van der Waals surface area contributed by atoms with Gasteiger partial charge in [-0.25, -0.2) is 33.4 Å². The first-order valence-corrected chi connectivity index (χ1v) is 20.0. The summed E-state index contributed by atoms with van der Waals surface area (Å²) in [5.41, 5.74) is 5.32. The van der Waals surface area contributed by atoms with E-state index in [0.29, 0.717) is 42.8 Å². The van der Waals surface area contributed by atoms with Gasteiger partial charge in [-0.1, -0.05) is 0 Å². The van der Waals surface area contributed by atoms with E-state index in [1.807, 2.05) is 9.55 Å². The smallest absolute Gasteiger partial charge is 0.390 e. The van der Waals surface area contributed by atoms with Crippen molar-refractivity contribution in [2.75, 3.05) is 19.7 Å². The summed E-state index contributed by atoms with van der Waals surface area (Å²) < 4.78 is 54.3. The second-order valence-corrected chi connectivity index (χ2v) is 15.7. The Morgan fingerprint density at radius 2 is 1.81 bits per heavy atom. The average Bonchev–Trinajstić information content (AvgIpc) is 3.63. The molecule has 28 heteroatoms. The van der Waals surface area contributed by atoms with Crippen LogP contribution in [0, 0.1) is 5.41 Å². The number of hydrogen-bond acceptors (Lipinski definition) is 15. The zero-order valence-corrected chi connectivity index (χ0v) is 30.1. The summed E-state index contributed by atoms with van der Waals surface area (Å²) in [6.45, 7) is 0.506. The molecular weight excluding hydrogens is 773 g/mol. The van der Waals surface area contributed by atoms with Crippen molar-refractivity contribution >= 4 is 52.6 Å². The van der Waals surface area contributed by atoms with Crippen molar-refractivity contribution in [1.82, 2.24) is 39.7 Å². The van der Waals surface area contributed by atoms with Crippen LogP contribution in [0.4, 0.5) is 0 Å². The van der Waals surface area contributed by atoms with E-state index < -0.39 is 65.7 Å². The van der Waals surface area contributed by atoms with Crippen LogP contribution in [0.5, 0.6) is 0 Å². The number of fused-ring (bicyclic) bond motifs is 1. The fraction of sp³-hybridized carbons (Fsp3) is 0.480. The number of aliphatic hydroxyl groups is 1. The molecule has 5 unspecified atom stereocenters. The molecule has 0 radical (unpaired) electrons. The molecule has 0 spiro atoms. The SMILES string of the molecule is N=C(N)NCCCCn1cnc2c(CCCNC(=O)/C=C/c3cn(C4CC(O)C(COP(=O)(O)OP(=O)(O)OP(=O)(O)O)O4)c(=O)[nH]c3=O)ncnc21. The van der Waals surface area contributed by atoms with Crippen LogP contribution in [0.2, 0.25) is 0 Å². The summed E-state index contributed by atoms with van der Waals surface area (Å²) in [5, 5.41) is 23.0. The van der Waals surface area contributed by atoms with Gasteiger partial charge in [0.15, 0.2) is 11.6 Å². The van der Waals surface area contributed by atoms with E-state index in [1.165, 1.54) is 6.33 Å². The first-order valence-electron chi connectivity index (χ1n) is 15.5. The third-order valence-electron chi connectivity index (χ3n) is 7.25. The lowest BCUT2D eigenvalue weighted by atomic mass is 10.2. The summed E-state index contributed by atoms with van der Waals surface area (Å²) in [5.74, 6) is -0.640. The first-order chi connectivity index (χ1) is 24.8. The van der Waals surface area contributed by atoms with Crippen LogP contribution in [-0.4, -0.2) is 97.5 Å². The van der Waals surface area contributed by atoms with Crippen LogP contribution in [0.25, 0.3) is 17.2 Å². The van der Waals surface area contributed by atoms with E-state index in [4.69, 9.17) is 25.7 Å². The van der Waals surface area contributed by atoms with Gasteiger partial charge in [0.25, 0.3) is 5.56 Å². The number of rotatable bonds is 19. The second-order valence-electron chi connectivity index (χ2n) is 11.3. The van der Waals surface area contributed by atoms with E-state index in [-0.39, 0.29) is 24.5 Å². The average molecular weight is 811 g/mol. The van der Waals surface area contributed by atoms with Crippen molar-refractivity contribution in [3.05, 3.63) is 57.0 Å². The number of carbonyl (C=O) groups excluding carboxylic acids is 1. The topological polar surface area (TPSA) is 379 Å². The summed E-state index contributed by atoms with van der Waals surface area (Å²) in [7, 11) is -16.9. The maximum Gasteiger partial charge on any atom is 0.490 e. The number of nitrogens with two attached hydrogens (primary N) is 1. The molecule has 4 heterocycles. The van der Waals surface area contributed by atoms with E-state index in [0.717, 1.165) is 35.8 Å². The molecule has 5 atom stereocenters. The lowest BCUT2D eigenvalue weighted by Crippen LogP contribution is -2.33. The minimum absolute atomic E-state index is 0.0819. The molecule has 4 rings (SSSR count). The Morgan fingerprint density at radius 1 is 1.08 bits per heavy atom. The number of nitrogens with one attached hydrogen (secondary N) is 4. The monoisotopic (exact) mass is 810 g/mol. The number of nitrogens with zero attached hydrogens (tertiary/aromatic N) is 5. The number of ether oxygens (including phenoxy) is 1. The normalized spacial score (nSPS) is 20.0. The number of unbranched alkanes of at least 4 members (excludes halogenated alkanes) is 1. The summed E-state index contributed by atoms with van der Waals surface area (Å²) in [6, 6.07) is 0. The highest BCUT2D eigenvalue weighted by Gasteiger charge is 2.43. The van der Waals surface area contributed by atoms with Crippen molar-refractivity contribution in [3.63, 3.8) is 0 Å². The number of phosphoric acid groups is 3. The molecule has 1 fully saturated rings. The van der Waals surface area contributed by atoms with Crippen LogP contribution in [-0.2, 0) is 49.3 Å².